The van der Waals surface area contributed by atoms with Gasteiger partial charge in [-0.05, 0) is 18.6 Å². The van der Waals surface area contributed by atoms with E-state index < -0.39 is 0 Å². The van der Waals surface area contributed by atoms with Gasteiger partial charge in [0.1, 0.15) is 5.82 Å². The lowest BCUT2D eigenvalue weighted by Crippen LogP contribution is -2.34. The third-order valence-corrected chi connectivity index (χ3v) is 3.54. The lowest BCUT2D eigenvalue weighted by molar-refractivity contribution is -0.130. The first-order valence-corrected chi connectivity index (χ1v) is 6.56. The Balaban J connectivity index is 2.09. The molecule has 1 aliphatic heterocycles. The molecule has 0 aliphatic carbocycles. The number of nitrogens with two attached hydrogens (primary N) is 1. The summed E-state index contributed by atoms with van der Waals surface area (Å²) in [7, 11) is 1.83. The van der Waals surface area contributed by atoms with E-state index in [1.54, 1.807) is 17.0 Å². The highest BCUT2D eigenvalue weighted by molar-refractivity contribution is 6.31. The number of carbonyl (C=O) groups is 1. The van der Waals surface area contributed by atoms with Crippen molar-refractivity contribution in [1.29, 1.82) is 0 Å². The number of pyridine rings is 1. The van der Waals surface area contributed by atoms with Crippen LogP contribution in [0, 0.1) is 0 Å². The fourth-order valence-corrected chi connectivity index (χ4v) is 2.23. The molecule has 0 spiro atoms. The summed E-state index contributed by atoms with van der Waals surface area (Å²) in [4.78, 5) is 20.0. The van der Waals surface area contributed by atoms with Crippen molar-refractivity contribution in [3.63, 3.8) is 0 Å². The van der Waals surface area contributed by atoms with Crippen molar-refractivity contribution in [1.82, 2.24) is 14.8 Å². The number of likely N-dealkylation sites (N-methyl/N-ethyl adjacent to an activating group) is 1. The number of halogens is 1. The molecule has 1 aromatic heterocycles. The topological polar surface area (TPSA) is 74.5 Å². The van der Waals surface area contributed by atoms with E-state index in [0.29, 0.717) is 23.9 Å². The van der Waals surface area contributed by atoms with E-state index in [2.05, 4.69) is 15.3 Å². The molecule has 1 saturated heterocycles. The average Bonchev–Trinajstić information content (AvgIpc) is 2.55. The van der Waals surface area contributed by atoms with Gasteiger partial charge in [-0.3, -0.25) is 9.69 Å². The quantitative estimate of drug-likeness (QED) is 0.630. The normalized spacial score (nSPS) is 17.4. The predicted molar refractivity (Wildman–Crippen MR) is 74.6 cm³/mol. The third kappa shape index (κ3) is 3.56. The summed E-state index contributed by atoms with van der Waals surface area (Å²) >= 11 is 6.13. The van der Waals surface area contributed by atoms with Crippen molar-refractivity contribution in [3.8, 4) is 0 Å². The summed E-state index contributed by atoms with van der Waals surface area (Å²) in [6.07, 6.45) is 0.953. The largest absolute Gasteiger partial charge is 0.345 e. The number of hydrogen-bond acceptors (Lipinski definition) is 5. The molecule has 0 bridgehead atoms. The van der Waals surface area contributed by atoms with Crippen LogP contribution in [-0.4, -0.2) is 47.4 Å². The molecule has 1 aromatic rings. The summed E-state index contributed by atoms with van der Waals surface area (Å²) in [6.45, 7) is 2.60. The van der Waals surface area contributed by atoms with Gasteiger partial charge in [0.15, 0.2) is 0 Å². The Labute approximate surface area is 117 Å². The molecule has 1 amide bonds. The number of hydrogen-bond donors (Lipinski definition) is 2. The van der Waals surface area contributed by atoms with Crippen molar-refractivity contribution in [3.05, 3.63) is 22.8 Å². The maximum Gasteiger partial charge on any atom is 0.236 e. The molecular weight excluding hydrogens is 266 g/mol. The number of amides is 1. The zero-order valence-electron chi connectivity index (χ0n) is 10.9. The van der Waals surface area contributed by atoms with Crippen molar-refractivity contribution in [2.24, 2.45) is 5.84 Å². The number of rotatable bonds is 3. The van der Waals surface area contributed by atoms with Crippen LogP contribution < -0.4 is 11.3 Å². The van der Waals surface area contributed by atoms with E-state index in [1.807, 2.05) is 7.05 Å². The maximum absolute atomic E-state index is 11.8. The molecule has 0 atom stereocenters. The second kappa shape index (κ2) is 6.18. The summed E-state index contributed by atoms with van der Waals surface area (Å²) in [5, 5.41) is 0.587. The van der Waals surface area contributed by atoms with Gasteiger partial charge in [-0.1, -0.05) is 11.6 Å². The zero-order valence-corrected chi connectivity index (χ0v) is 11.7. The fraction of sp³-hybridized carbons (Fsp3) is 0.500. The van der Waals surface area contributed by atoms with Crippen LogP contribution in [0.5, 0.6) is 0 Å². The first kappa shape index (κ1) is 14.0. The maximum atomic E-state index is 11.8. The van der Waals surface area contributed by atoms with Crippen molar-refractivity contribution in [2.45, 2.75) is 13.0 Å². The van der Waals surface area contributed by atoms with Gasteiger partial charge in [-0.2, -0.15) is 0 Å². The number of nitrogens with one attached hydrogen (secondary N) is 1. The monoisotopic (exact) mass is 283 g/mol. The molecule has 7 heteroatoms. The Kier molecular flexibility index (Phi) is 4.57. The fourth-order valence-electron chi connectivity index (χ4n) is 2.07. The van der Waals surface area contributed by atoms with Crippen molar-refractivity contribution in [2.75, 3.05) is 32.1 Å². The van der Waals surface area contributed by atoms with Gasteiger partial charge in [-0.25, -0.2) is 10.8 Å². The number of anilines is 1. The van der Waals surface area contributed by atoms with Gasteiger partial charge < -0.3 is 10.3 Å². The van der Waals surface area contributed by atoms with E-state index >= 15 is 0 Å². The number of nitrogens with zero attached hydrogens (tertiary/aromatic N) is 3. The minimum absolute atomic E-state index is 0.127. The molecule has 0 unspecified atom stereocenters. The molecule has 2 heterocycles. The predicted octanol–water partition coefficient (Wildman–Crippen LogP) is 0.685. The molecule has 1 fully saturated rings. The molecule has 6 nitrogen and oxygen atoms in total. The van der Waals surface area contributed by atoms with Gasteiger partial charge in [0.25, 0.3) is 0 Å². The van der Waals surface area contributed by atoms with Crippen LogP contribution >= 0.6 is 11.6 Å². The minimum atomic E-state index is 0.127. The first-order chi connectivity index (χ1) is 9.10. The van der Waals surface area contributed by atoms with Crippen LogP contribution in [0.4, 0.5) is 5.82 Å². The van der Waals surface area contributed by atoms with E-state index in [9.17, 15) is 4.79 Å². The summed E-state index contributed by atoms with van der Waals surface area (Å²) < 4.78 is 0. The van der Waals surface area contributed by atoms with E-state index in [1.165, 1.54) is 0 Å². The summed E-state index contributed by atoms with van der Waals surface area (Å²) in [5.74, 6) is 6.03. The molecule has 1 aliphatic rings. The van der Waals surface area contributed by atoms with Crippen LogP contribution in [0.3, 0.4) is 0 Å². The van der Waals surface area contributed by atoms with Crippen LogP contribution in [0.1, 0.15) is 12.1 Å². The van der Waals surface area contributed by atoms with E-state index in [4.69, 9.17) is 17.4 Å². The van der Waals surface area contributed by atoms with Crippen LogP contribution in [0.15, 0.2) is 12.1 Å². The molecule has 0 radical (unpaired) electrons. The SMILES string of the molecule is CN1CCCN(Cc2nc(NN)ccc2Cl)CC1=O. The summed E-state index contributed by atoms with van der Waals surface area (Å²) in [6, 6.07) is 3.47. The van der Waals surface area contributed by atoms with Crippen molar-refractivity contribution < 1.29 is 4.79 Å². The minimum Gasteiger partial charge on any atom is -0.345 e. The van der Waals surface area contributed by atoms with Gasteiger partial charge in [0.05, 0.1) is 17.3 Å². The Morgan fingerprint density at radius 1 is 1.47 bits per heavy atom. The van der Waals surface area contributed by atoms with Gasteiger partial charge >= 0.3 is 0 Å². The molecule has 3 N–H and O–H groups in total. The number of carbonyl (C=O) groups excluding carboxylic acids is 1. The van der Waals surface area contributed by atoms with Gasteiger partial charge in [0.2, 0.25) is 5.91 Å². The number of nitrogen functional groups attached to an aromatic ring is 1. The Morgan fingerprint density at radius 2 is 2.26 bits per heavy atom. The molecule has 0 aromatic carbocycles. The second-order valence-corrected chi connectivity index (χ2v) is 5.06. The Hall–Kier alpha value is -1.37. The molecule has 19 heavy (non-hydrogen) atoms. The van der Waals surface area contributed by atoms with Crippen LogP contribution in [0.25, 0.3) is 0 Å². The standard InChI is InChI=1S/C12H18ClN5O/c1-17-5-2-6-18(8-12(17)19)7-10-9(13)3-4-11(15-10)16-14/h3-4H,2,5-8,14H2,1H3,(H,15,16). The van der Waals surface area contributed by atoms with Crippen LogP contribution in [0.2, 0.25) is 5.02 Å². The molecular formula is C12H18ClN5O. The highest BCUT2D eigenvalue weighted by Gasteiger charge is 2.20. The summed E-state index contributed by atoms with van der Waals surface area (Å²) in [5.41, 5.74) is 3.23. The lowest BCUT2D eigenvalue weighted by Gasteiger charge is -2.19. The smallest absolute Gasteiger partial charge is 0.236 e. The van der Waals surface area contributed by atoms with E-state index in [0.717, 1.165) is 25.2 Å². The van der Waals surface area contributed by atoms with Crippen molar-refractivity contribution >= 4 is 23.3 Å². The first-order valence-electron chi connectivity index (χ1n) is 6.18. The second-order valence-electron chi connectivity index (χ2n) is 4.65. The average molecular weight is 284 g/mol. The Bertz CT molecular complexity index is 467. The molecule has 2 rings (SSSR count). The number of hydrazine groups is 1. The Morgan fingerprint density at radius 3 is 3.00 bits per heavy atom. The van der Waals surface area contributed by atoms with Crippen LogP contribution in [-0.2, 0) is 11.3 Å². The number of aromatic nitrogens is 1. The molecule has 104 valence electrons. The molecule has 0 saturated carbocycles. The highest BCUT2D eigenvalue weighted by Crippen LogP contribution is 2.18. The third-order valence-electron chi connectivity index (χ3n) is 3.19. The van der Waals surface area contributed by atoms with Gasteiger partial charge in [-0.15, -0.1) is 0 Å². The highest BCUT2D eigenvalue weighted by atomic mass is 35.5. The zero-order chi connectivity index (χ0) is 13.8. The van der Waals surface area contributed by atoms with E-state index in [-0.39, 0.29) is 5.91 Å². The van der Waals surface area contributed by atoms with Gasteiger partial charge in [0, 0.05) is 26.7 Å². The lowest BCUT2D eigenvalue weighted by atomic mass is 10.3.